The number of nitrogens with one attached hydrogen (secondary N) is 1. The molecule has 0 fully saturated rings. The Morgan fingerprint density at radius 1 is 1.11 bits per heavy atom. The van der Waals surface area contributed by atoms with Crippen LogP contribution < -0.4 is 5.32 Å². The summed E-state index contributed by atoms with van der Waals surface area (Å²) < 4.78 is 0. The molecule has 0 unspecified atom stereocenters. The van der Waals surface area contributed by atoms with Crippen LogP contribution in [-0.4, -0.2) is 30.8 Å². The third-order valence-electron chi connectivity index (χ3n) is 2.54. The van der Waals surface area contributed by atoms with Crippen LogP contribution in [0, 0.1) is 0 Å². The second-order valence-electron chi connectivity index (χ2n) is 4.21. The van der Waals surface area contributed by atoms with E-state index in [1.807, 2.05) is 11.4 Å². The number of nitrogens with zero attached hydrogens (tertiary/aromatic N) is 1. The van der Waals surface area contributed by atoms with Gasteiger partial charge >= 0.3 is 0 Å². The van der Waals surface area contributed by atoms with Gasteiger partial charge in [-0.2, -0.15) is 0 Å². The molecule has 0 radical (unpaired) electrons. The normalized spacial score (nSPS) is 10.0. The number of hydrogen-bond acceptors (Lipinski definition) is 3. The van der Waals surface area contributed by atoms with Gasteiger partial charge in [-0.25, -0.2) is 0 Å². The molecular weight excluding hydrogens is 260 g/mol. The third kappa shape index (κ3) is 3.20. The molecule has 0 aliphatic heterocycles. The molecule has 98 valence electrons. The molecule has 1 aromatic carbocycles. The van der Waals surface area contributed by atoms with Gasteiger partial charge in [0.25, 0.3) is 11.8 Å². The van der Waals surface area contributed by atoms with Crippen LogP contribution in [0.3, 0.4) is 0 Å². The number of hydrogen-bond donors (Lipinski definition) is 1. The van der Waals surface area contributed by atoms with Crippen molar-refractivity contribution in [1.29, 1.82) is 0 Å². The summed E-state index contributed by atoms with van der Waals surface area (Å²) in [6.07, 6.45) is 0. The summed E-state index contributed by atoms with van der Waals surface area (Å²) in [6, 6.07) is 10.4. The van der Waals surface area contributed by atoms with Crippen LogP contribution in [0.5, 0.6) is 0 Å². The fourth-order valence-electron chi connectivity index (χ4n) is 1.55. The Morgan fingerprint density at radius 2 is 1.79 bits per heavy atom. The van der Waals surface area contributed by atoms with Crippen LogP contribution >= 0.6 is 11.3 Å². The predicted molar refractivity (Wildman–Crippen MR) is 76.7 cm³/mol. The van der Waals surface area contributed by atoms with E-state index in [0.717, 1.165) is 0 Å². The van der Waals surface area contributed by atoms with Crippen molar-refractivity contribution in [2.24, 2.45) is 0 Å². The molecule has 0 bridgehead atoms. The zero-order chi connectivity index (χ0) is 13.8. The minimum atomic E-state index is -0.137. The Balaban J connectivity index is 2.07. The Bertz CT molecular complexity index is 574. The average Bonchev–Trinajstić information content (AvgIpc) is 2.92. The maximum atomic E-state index is 11.8. The Morgan fingerprint density at radius 3 is 2.32 bits per heavy atom. The van der Waals surface area contributed by atoms with Gasteiger partial charge in [0.1, 0.15) is 0 Å². The first-order chi connectivity index (χ1) is 9.08. The molecule has 0 atom stereocenters. The molecule has 2 aromatic rings. The Hall–Kier alpha value is -2.14. The van der Waals surface area contributed by atoms with Crippen molar-refractivity contribution in [2.75, 3.05) is 19.4 Å². The molecule has 2 rings (SSSR count). The fourth-order valence-corrected chi connectivity index (χ4v) is 2.17. The van der Waals surface area contributed by atoms with E-state index in [0.29, 0.717) is 16.1 Å². The number of thiophene rings is 1. The van der Waals surface area contributed by atoms with Gasteiger partial charge in [0.2, 0.25) is 0 Å². The van der Waals surface area contributed by atoms with Gasteiger partial charge in [-0.15, -0.1) is 11.3 Å². The summed E-state index contributed by atoms with van der Waals surface area (Å²) in [5.74, 6) is -0.196. The van der Waals surface area contributed by atoms with Crippen LogP contribution in [0.1, 0.15) is 20.0 Å². The van der Waals surface area contributed by atoms with Gasteiger partial charge in [-0.05, 0) is 35.7 Å². The van der Waals surface area contributed by atoms with Crippen molar-refractivity contribution in [1.82, 2.24) is 4.90 Å². The minimum absolute atomic E-state index is 0.0591. The molecular formula is C14H14N2O2S. The molecule has 1 aromatic heterocycles. The highest BCUT2D eigenvalue weighted by Crippen LogP contribution is 2.14. The number of rotatable bonds is 3. The zero-order valence-electron chi connectivity index (χ0n) is 10.7. The first-order valence-corrected chi connectivity index (χ1v) is 6.62. The Kier molecular flexibility index (Phi) is 3.97. The lowest BCUT2D eigenvalue weighted by atomic mass is 10.2. The van der Waals surface area contributed by atoms with Gasteiger partial charge in [-0.1, -0.05) is 6.07 Å². The van der Waals surface area contributed by atoms with Crippen LogP contribution in [0.25, 0.3) is 0 Å². The average molecular weight is 274 g/mol. The van der Waals surface area contributed by atoms with Gasteiger partial charge in [0.05, 0.1) is 4.88 Å². The largest absolute Gasteiger partial charge is 0.345 e. The lowest BCUT2D eigenvalue weighted by Gasteiger charge is -2.10. The van der Waals surface area contributed by atoms with E-state index in [1.54, 1.807) is 44.4 Å². The van der Waals surface area contributed by atoms with E-state index in [-0.39, 0.29) is 11.8 Å². The van der Waals surface area contributed by atoms with Gasteiger partial charge in [-0.3, -0.25) is 9.59 Å². The summed E-state index contributed by atoms with van der Waals surface area (Å²) in [7, 11) is 3.41. The fraction of sp³-hybridized carbons (Fsp3) is 0.143. The highest BCUT2D eigenvalue weighted by molar-refractivity contribution is 7.12. The summed E-state index contributed by atoms with van der Waals surface area (Å²) in [6.45, 7) is 0. The van der Waals surface area contributed by atoms with E-state index >= 15 is 0 Å². The molecule has 5 heteroatoms. The number of carbonyl (C=O) groups is 2. The molecule has 0 saturated heterocycles. The lowest BCUT2D eigenvalue weighted by molar-refractivity contribution is 0.0827. The summed E-state index contributed by atoms with van der Waals surface area (Å²) in [5.41, 5.74) is 1.27. The molecule has 2 amide bonds. The van der Waals surface area contributed by atoms with Crippen molar-refractivity contribution in [3.63, 3.8) is 0 Å². The Labute approximate surface area is 115 Å². The quantitative estimate of drug-likeness (QED) is 0.935. The first kappa shape index (κ1) is 13.3. The zero-order valence-corrected chi connectivity index (χ0v) is 11.5. The highest BCUT2D eigenvalue weighted by Gasteiger charge is 2.09. The number of carbonyl (C=O) groups excluding carboxylic acids is 2. The van der Waals surface area contributed by atoms with Gasteiger partial charge in [0, 0.05) is 25.3 Å². The van der Waals surface area contributed by atoms with E-state index in [9.17, 15) is 9.59 Å². The molecule has 0 aliphatic rings. The molecule has 19 heavy (non-hydrogen) atoms. The first-order valence-electron chi connectivity index (χ1n) is 5.74. The summed E-state index contributed by atoms with van der Waals surface area (Å²) in [4.78, 5) is 25.7. The number of anilines is 1. The molecule has 0 aliphatic carbocycles. The molecule has 0 spiro atoms. The van der Waals surface area contributed by atoms with E-state index in [2.05, 4.69) is 5.32 Å². The van der Waals surface area contributed by atoms with Crippen molar-refractivity contribution in [3.05, 3.63) is 52.2 Å². The SMILES string of the molecule is CN(C)C(=O)c1ccc(NC(=O)c2cccs2)cc1. The third-order valence-corrected chi connectivity index (χ3v) is 3.41. The second-order valence-corrected chi connectivity index (χ2v) is 5.16. The lowest BCUT2D eigenvalue weighted by Crippen LogP contribution is -2.21. The monoisotopic (exact) mass is 274 g/mol. The highest BCUT2D eigenvalue weighted by atomic mass is 32.1. The molecule has 1 heterocycles. The minimum Gasteiger partial charge on any atom is -0.345 e. The maximum absolute atomic E-state index is 11.8. The standard InChI is InChI=1S/C14H14N2O2S/c1-16(2)14(18)10-5-7-11(8-6-10)15-13(17)12-4-3-9-19-12/h3-9H,1-2H3,(H,15,17). The number of amides is 2. The molecule has 4 nitrogen and oxygen atoms in total. The van der Waals surface area contributed by atoms with E-state index < -0.39 is 0 Å². The van der Waals surface area contributed by atoms with Crippen molar-refractivity contribution in [2.45, 2.75) is 0 Å². The number of benzene rings is 1. The molecule has 1 N–H and O–H groups in total. The van der Waals surface area contributed by atoms with E-state index in [4.69, 9.17) is 0 Å². The molecule has 0 saturated carbocycles. The topological polar surface area (TPSA) is 49.4 Å². The van der Waals surface area contributed by atoms with Crippen molar-refractivity contribution < 1.29 is 9.59 Å². The van der Waals surface area contributed by atoms with Crippen molar-refractivity contribution in [3.8, 4) is 0 Å². The second kappa shape index (κ2) is 5.67. The van der Waals surface area contributed by atoms with E-state index in [1.165, 1.54) is 16.2 Å². The van der Waals surface area contributed by atoms with Crippen LogP contribution in [-0.2, 0) is 0 Å². The summed E-state index contributed by atoms with van der Waals surface area (Å²) >= 11 is 1.39. The van der Waals surface area contributed by atoms with Gasteiger partial charge in [0.15, 0.2) is 0 Å². The van der Waals surface area contributed by atoms with Crippen molar-refractivity contribution >= 4 is 28.8 Å². The predicted octanol–water partition coefficient (Wildman–Crippen LogP) is 2.70. The van der Waals surface area contributed by atoms with Crippen LogP contribution in [0.4, 0.5) is 5.69 Å². The summed E-state index contributed by atoms with van der Waals surface area (Å²) in [5, 5.41) is 4.64. The smallest absolute Gasteiger partial charge is 0.265 e. The van der Waals surface area contributed by atoms with Gasteiger partial charge < -0.3 is 10.2 Å². The van der Waals surface area contributed by atoms with Crippen LogP contribution in [0.15, 0.2) is 41.8 Å². The van der Waals surface area contributed by atoms with Crippen LogP contribution in [0.2, 0.25) is 0 Å². The maximum Gasteiger partial charge on any atom is 0.265 e.